The topological polar surface area (TPSA) is 68.5 Å². The number of hydrogen-bond donors (Lipinski definition) is 1. The van der Waals surface area contributed by atoms with E-state index in [0.717, 1.165) is 23.5 Å². The van der Waals surface area contributed by atoms with E-state index in [1.165, 1.54) is 0 Å². The van der Waals surface area contributed by atoms with E-state index in [0.29, 0.717) is 13.0 Å². The normalized spacial score (nSPS) is 13.0. The first-order valence-electron chi connectivity index (χ1n) is 7.70. The summed E-state index contributed by atoms with van der Waals surface area (Å²) < 4.78 is 38.4. The number of sulfonamides is 1. The molecule has 2 aromatic rings. The van der Waals surface area contributed by atoms with Crippen LogP contribution in [-0.2, 0) is 16.4 Å². The second-order valence-corrected chi connectivity index (χ2v) is 7.30. The molecular weight excluding hydrogens is 314 g/mol. The number of hydrogen-bond acceptors (Lipinski definition) is 4. The van der Waals surface area contributed by atoms with Crippen molar-refractivity contribution in [2.45, 2.75) is 44.6 Å². The maximum atomic E-state index is 12.5. The average molecular weight is 337 g/mol. The Labute approximate surface area is 137 Å². The van der Waals surface area contributed by atoms with Gasteiger partial charge in [0.25, 0.3) is 0 Å². The van der Waals surface area contributed by atoms with E-state index in [4.69, 9.17) is 9.15 Å². The minimum Gasteiger partial charge on any atom is -0.493 e. The summed E-state index contributed by atoms with van der Waals surface area (Å²) in [6, 6.07) is 8.26. The quantitative estimate of drug-likeness (QED) is 0.802. The van der Waals surface area contributed by atoms with Crippen LogP contribution in [0.4, 0.5) is 0 Å². The summed E-state index contributed by atoms with van der Waals surface area (Å²) in [7, 11) is -3.57. The largest absolute Gasteiger partial charge is 0.493 e. The van der Waals surface area contributed by atoms with Crippen LogP contribution < -0.4 is 9.46 Å². The smallest absolute Gasteiger partial charge is 0.240 e. The van der Waals surface area contributed by atoms with Crippen molar-refractivity contribution in [2.24, 2.45) is 0 Å². The van der Waals surface area contributed by atoms with E-state index < -0.39 is 10.0 Å². The molecule has 0 amide bonds. The fourth-order valence-electron chi connectivity index (χ4n) is 2.27. The predicted octanol–water partition coefficient (Wildman–Crippen LogP) is 3.29. The Bertz CT molecular complexity index is 723. The fourth-order valence-corrected chi connectivity index (χ4v) is 3.60. The van der Waals surface area contributed by atoms with Gasteiger partial charge in [0.2, 0.25) is 10.0 Å². The molecule has 0 saturated carbocycles. The summed E-state index contributed by atoms with van der Waals surface area (Å²) in [6.45, 7) is 6.30. The molecule has 0 bridgehead atoms. The van der Waals surface area contributed by atoms with Crippen molar-refractivity contribution in [1.29, 1.82) is 0 Å². The van der Waals surface area contributed by atoms with E-state index in [1.54, 1.807) is 30.5 Å². The summed E-state index contributed by atoms with van der Waals surface area (Å²) in [4.78, 5) is 0.241. The molecular formula is C17H23NO4S. The molecule has 1 heterocycles. The lowest BCUT2D eigenvalue weighted by atomic mass is 10.2. The van der Waals surface area contributed by atoms with Gasteiger partial charge < -0.3 is 9.15 Å². The van der Waals surface area contributed by atoms with E-state index in [1.807, 2.05) is 26.8 Å². The molecule has 1 atom stereocenters. The van der Waals surface area contributed by atoms with E-state index >= 15 is 0 Å². The predicted molar refractivity (Wildman–Crippen MR) is 89.2 cm³/mol. The molecule has 0 saturated heterocycles. The van der Waals surface area contributed by atoms with Gasteiger partial charge in [-0.15, -0.1) is 0 Å². The molecule has 5 nitrogen and oxygen atoms in total. The molecule has 1 aromatic heterocycles. The highest BCUT2D eigenvalue weighted by Crippen LogP contribution is 2.22. The summed E-state index contributed by atoms with van der Waals surface area (Å²) in [5, 5.41) is 0. The highest BCUT2D eigenvalue weighted by atomic mass is 32.2. The molecule has 0 spiro atoms. The monoisotopic (exact) mass is 337 g/mol. The van der Waals surface area contributed by atoms with Gasteiger partial charge in [0.15, 0.2) is 0 Å². The Morgan fingerprint density at radius 1 is 1.30 bits per heavy atom. The van der Waals surface area contributed by atoms with Crippen molar-refractivity contribution in [3.63, 3.8) is 0 Å². The number of ether oxygens (including phenoxy) is 1. The van der Waals surface area contributed by atoms with Crippen LogP contribution in [0.5, 0.6) is 5.75 Å². The van der Waals surface area contributed by atoms with Crippen molar-refractivity contribution in [2.75, 3.05) is 6.61 Å². The third-order valence-electron chi connectivity index (χ3n) is 3.36. The lowest BCUT2D eigenvalue weighted by Crippen LogP contribution is -2.34. The zero-order valence-corrected chi connectivity index (χ0v) is 14.5. The minimum atomic E-state index is -3.57. The average Bonchev–Trinajstić information content (AvgIpc) is 2.98. The highest BCUT2D eigenvalue weighted by molar-refractivity contribution is 7.89. The summed E-state index contributed by atoms with van der Waals surface area (Å²) in [5.41, 5.74) is 0.806. The molecule has 0 fully saturated rings. The van der Waals surface area contributed by atoms with E-state index in [-0.39, 0.29) is 10.9 Å². The van der Waals surface area contributed by atoms with Gasteiger partial charge in [0, 0.05) is 12.5 Å². The van der Waals surface area contributed by atoms with Gasteiger partial charge in [-0.25, -0.2) is 13.1 Å². The summed E-state index contributed by atoms with van der Waals surface area (Å²) in [6.07, 6.45) is 2.99. The summed E-state index contributed by atoms with van der Waals surface area (Å²) in [5.74, 6) is 1.47. The Kier molecular flexibility index (Phi) is 5.85. The summed E-state index contributed by atoms with van der Waals surface area (Å²) >= 11 is 0. The first-order chi connectivity index (χ1) is 10.9. The van der Waals surface area contributed by atoms with E-state index in [2.05, 4.69) is 4.72 Å². The van der Waals surface area contributed by atoms with Crippen LogP contribution in [0.15, 0.2) is 45.9 Å². The van der Waals surface area contributed by atoms with Gasteiger partial charge in [-0.1, -0.05) is 6.92 Å². The molecule has 6 heteroatoms. The van der Waals surface area contributed by atoms with Crippen molar-refractivity contribution >= 4 is 10.0 Å². The molecule has 0 aliphatic carbocycles. The lowest BCUT2D eigenvalue weighted by molar-refractivity contribution is 0.315. The number of benzene rings is 1. The maximum absolute atomic E-state index is 12.5. The Hall–Kier alpha value is -1.79. The van der Waals surface area contributed by atoms with Crippen LogP contribution in [0, 0.1) is 6.92 Å². The standard InChI is InChI=1S/C17H23NO4S/c1-4-9-22-17-8-7-16(11-13(17)2)23(19,20)18-14(3)12-15-6-5-10-21-15/h5-8,10-11,14,18H,4,9,12H2,1-3H3. The molecule has 23 heavy (non-hydrogen) atoms. The number of aryl methyl sites for hydroxylation is 1. The third-order valence-corrected chi connectivity index (χ3v) is 4.95. The van der Waals surface area contributed by atoms with Gasteiger partial charge >= 0.3 is 0 Å². The maximum Gasteiger partial charge on any atom is 0.240 e. The second kappa shape index (κ2) is 7.66. The van der Waals surface area contributed by atoms with Crippen molar-refractivity contribution in [1.82, 2.24) is 4.72 Å². The van der Waals surface area contributed by atoms with Crippen molar-refractivity contribution in [3.05, 3.63) is 47.9 Å². The second-order valence-electron chi connectivity index (χ2n) is 5.58. The first-order valence-corrected chi connectivity index (χ1v) is 9.19. The van der Waals surface area contributed by atoms with Crippen LogP contribution in [-0.4, -0.2) is 21.1 Å². The van der Waals surface area contributed by atoms with Gasteiger partial charge in [-0.05, 0) is 56.2 Å². The van der Waals surface area contributed by atoms with Crippen LogP contribution in [0.2, 0.25) is 0 Å². The molecule has 2 rings (SSSR count). The number of rotatable bonds is 8. The number of furan rings is 1. The Morgan fingerprint density at radius 3 is 2.70 bits per heavy atom. The first kappa shape index (κ1) is 17.6. The zero-order chi connectivity index (χ0) is 16.9. The number of nitrogens with one attached hydrogen (secondary N) is 1. The molecule has 126 valence electrons. The van der Waals surface area contributed by atoms with Crippen LogP contribution in [0.3, 0.4) is 0 Å². The minimum absolute atomic E-state index is 0.241. The Morgan fingerprint density at radius 2 is 2.09 bits per heavy atom. The fraction of sp³-hybridized carbons (Fsp3) is 0.412. The lowest BCUT2D eigenvalue weighted by Gasteiger charge is -2.14. The SMILES string of the molecule is CCCOc1ccc(S(=O)(=O)NC(C)Cc2ccco2)cc1C. The van der Waals surface area contributed by atoms with Crippen molar-refractivity contribution in [3.8, 4) is 5.75 Å². The third kappa shape index (κ3) is 4.84. The van der Waals surface area contributed by atoms with Gasteiger partial charge in [-0.2, -0.15) is 0 Å². The van der Waals surface area contributed by atoms with E-state index in [9.17, 15) is 8.42 Å². The zero-order valence-electron chi connectivity index (χ0n) is 13.7. The van der Waals surface area contributed by atoms with Crippen LogP contribution >= 0.6 is 0 Å². The molecule has 1 aromatic carbocycles. The van der Waals surface area contributed by atoms with Crippen molar-refractivity contribution < 1.29 is 17.6 Å². The molecule has 1 N–H and O–H groups in total. The molecule has 0 aliphatic heterocycles. The molecule has 1 unspecified atom stereocenters. The van der Waals surface area contributed by atoms with Gasteiger partial charge in [0.1, 0.15) is 11.5 Å². The van der Waals surface area contributed by atoms with Crippen LogP contribution in [0.1, 0.15) is 31.6 Å². The van der Waals surface area contributed by atoms with Gasteiger partial charge in [0.05, 0.1) is 17.8 Å². The molecule has 0 radical (unpaired) electrons. The Balaban J connectivity index is 2.08. The van der Waals surface area contributed by atoms with Gasteiger partial charge in [-0.3, -0.25) is 0 Å². The highest BCUT2D eigenvalue weighted by Gasteiger charge is 2.19. The molecule has 0 aliphatic rings. The van der Waals surface area contributed by atoms with Crippen LogP contribution in [0.25, 0.3) is 0 Å².